The van der Waals surface area contributed by atoms with Crippen molar-refractivity contribution in [3.63, 3.8) is 0 Å². The van der Waals surface area contributed by atoms with Gasteiger partial charge in [0.2, 0.25) is 0 Å². The molecular weight excluding hydrogens is 498 g/mol. The Balaban J connectivity index is 1.35. The van der Waals surface area contributed by atoms with E-state index in [4.69, 9.17) is 21.9 Å². The summed E-state index contributed by atoms with van der Waals surface area (Å²) in [6.07, 6.45) is 0. The number of hydrazine groups is 1. The van der Waals surface area contributed by atoms with Crippen LogP contribution in [0.25, 0.3) is 28.0 Å². The van der Waals surface area contributed by atoms with Gasteiger partial charge in [0, 0.05) is 16.8 Å². The molecule has 0 bridgehead atoms. The lowest BCUT2D eigenvalue weighted by atomic mass is 10.1. The number of nitrogens with one attached hydrogen (secondary N) is 3. The van der Waals surface area contributed by atoms with Crippen LogP contribution in [0.5, 0.6) is 5.75 Å². The number of hydrogen-bond acceptors (Lipinski definition) is 5. The highest BCUT2D eigenvalue weighted by molar-refractivity contribution is 7.80. The van der Waals surface area contributed by atoms with Gasteiger partial charge in [0.05, 0.1) is 23.7 Å². The smallest absolute Gasteiger partial charge is 0.269 e. The van der Waals surface area contributed by atoms with E-state index in [9.17, 15) is 9.59 Å². The Kier molecular flexibility index (Phi) is 7.10. The zero-order chi connectivity index (χ0) is 26.5. The van der Waals surface area contributed by atoms with Gasteiger partial charge < -0.3 is 10.1 Å². The zero-order valence-electron chi connectivity index (χ0n) is 20.3. The molecular formula is C29H23N5O3S. The fourth-order valence-corrected chi connectivity index (χ4v) is 4.11. The number of carbonyl (C=O) groups is 1. The Morgan fingerprint density at radius 3 is 2.24 bits per heavy atom. The first kappa shape index (κ1) is 24.7. The fourth-order valence-electron chi connectivity index (χ4n) is 3.94. The van der Waals surface area contributed by atoms with Gasteiger partial charge in [0.15, 0.2) is 5.11 Å². The summed E-state index contributed by atoms with van der Waals surface area (Å²) in [6, 6.07) is 30.7. The van der Waals surface area contributed by atoms with Crippen LogP contribution in [0.15, 0.2) is 108 Å². The number of para-hydroxylation sites is 1. The van der Waals surface area contributed by atoms with E-state index in [-0.39, 0.29) is 16.6 Å². The summed E-state index contributed by atoms with van der Waals surface area (Å²) in [5.41, 5.74) is 8.21. The lowest BCUT2D eigenvalue weighted by molar-refractivity contribution is 0.0944. The van der Waals surface area contributed by atoms with Crippen molar-refractivity contribution >= 4 is 39.8 Å². The first-order valence-corrected chi connectivity index (χ1v) is 12.1. The lowest BCUT2D eigenvalue weighted by Gasteiger charge is -2.15. The van der Waals surface area contributed by atoms with Crippen LogP contribution in [-0.2, 0) is 0 Å². The van der Waals surface area contributed by atoms with Crippen molar-refractivity contribution in [2.45, 2.75) is 0 Å². The van der Waals surface area contributed by atoms with Crippen molar-refractivity contribution in [2.24, 2.45) is 0 Å². The van der Waals surface area contributed by atoms with Crippen molar-refractivity contribution in [3.05, 3.63) is 119 Å². The maximum Gasteiger partial charge on any atom is 0.269 e. The van der Waals surface area contributed by atoms with Gasteiger partial charge in [-0.2, -0.15) is 0 Å². The predicted octanol–water partition coefficient (Wildman–Crippen LogP) is 4.69. The Morgan fingerprint density at radius 1 is 0.842 bits per heavy atom. The van der Waals surface area contributed by atoms with Gasteiger partial charge >= 0.3 is 0 Å². The third-order valence-electron chi connectivity index (χ3n) is 5.83. The van der Waals surface area contributed by atoms with Gasteiger partial charge in [-0.05, 0) is 72.9 Å². The minimum Gasteiger partial charge on any atom is -0.497 e. The molecule has 0 aliphatic carbocycles. The van der Waals surface area contributed by atoms with Crippen molar-refractivity contribution in [1.82, 2.24) is 20.4 Å². The average Bonchev–Trinajstić information content (AvgIpc) is 2.97. The highest BCUT2D eigenvalue weighted by atomic mass is 32.1. The Labute approximate surface area is 223 Å². The molecule has 5 rings (SSSR count). The highest BCUT2D eigenvalue weighted by Crippen LogP contribution is 2.22. The number of amides is 1. The molecule has 188 valence electrons. The fraction of sp³-hybridized carbons (Fsp3) is 0.0345. The number of aromatic nitrogens is 2. The van der Waals surface area contributed by atoms with Crippen molar-refractivity contribution in [3.8, 4) is 22.8 Å². The lowest BCUT2D eigenvalue weighted by Crippen LogP contribution is -2.43. The third-order valence-corrected chi connectivity index (χ3v) is 6.04. The maximum absolute atomic E-state index is 13.5. The number of hydrogen-bond donors (Lipinski definition) is 3. The molecule has 1 aromatic heterocycles. The number of rotatable bonds is 5. The van der Waals surface area contributed by atoms with Crippen molar-refractivity contribution in [1.29, 1.82) is 0 Å². The molecule has 4 aromatic carbocycles. The molecule has 0 spiro atoms. The quantitative estimate of drug-likeness (QED) is 0.228. The van der Waals surface area contributed by atoms with Gasteiger partial charge in [-0.15, -0.1) is 0 Å². The van der Waals surface area contributed by atoms with E-state index in [1.165, 1.54) is 0 Å². The number of carbonyl (C=O) groups excluding carboxylic acids is 1. The molecule has 9 heteroatoms. The van der Waals surface area contributed by atoms with E-state index in [0.29, 0.717) is 28.0 Å². The topological polar surface area (TPSA) is 97.3 Å². The summed E-state index contributed by atoms with van der Waals surface area (Å²) in [7, 11) is 1.59. The summed E-state index contributed by atoms with van der Waals surface area (Å²) in [4.78, 5) is 31.0. The molecule has 0 radical (unpaired) electrons. The van der Waals surface area contributed by atoms with Gasteiger partial charge in [-0.25, -0.2) is 4.98 Å². The number of anilines is 1. The monoisotopic (exact) mass is 521 g/mol. The van der Waals surface area contributed by atoms with Gasteiger partial charge in [-0.1, -0.05) is 42.5 Å². The van der Waals surface area contributed by atoms with Crippen LogP contribution in [-0.4, -0.2) is 27.7 Å². The molecule has 0 aliphatic heterocycles. The van der Waals surface area contributed by atoms with Gasteiger partial charge in [0.25, 0.3) is 11.5 Å². The molecule has 0 saturated heterocycles. The molecule has 0 saturated carbocycles. The number of fused-ring (bicyclic) bond motifs is 1. The standard InChI is InChI=1S/C29H23N5O3S/c1-37-23-17-13-21(14-18-23)30-29(38)33-32-27(35)20-11-15-22(16-12-20)34-26(19-7-3-2-4-8-19)31-25-10-6-5-9-24(25)28(34)36/h2-18H,1H3,(H,32,35)(H2,30,33,38). The van der Waals surface area contributed by atoms with E-state index in [2.05, 4.69) is 16.2 Å². The molecule has 8 nitrogen and oxygen atoms in total. The second kappa shape index (κ2) is 10.9. The van der Waals surface area contributed by atoms with Crippen LogP contribution in [0.3, 0.4) is 0 Å². The second-order valence-corrected chi connectivity index (χ2v) is 8.68. The number of thiocarbonyl (C=S) groups is 1. The molecule has 0 fully saturated rings. The first-order valence-electron chi connectivity index (χ1n) is 11.7. The minimum atomic E-state index is -0.386. The molecule has 1 heterocycles. The summed E-state index contributed by atoms with van der Waals surface area (Å²) in [5.74, 6) is 0.856. The highest BCUT2D eigenvalue weighted by Gasteiger charge is 2.15. The van der Waals surface area contributed by atoms with Crippen LogP contribution in [0.4, 0.5) is 5.69 Å². The van der Waals surface area contributed by atoms with Crippen LogP contribution < -0.4 is 26.5 Å². The Hall–Kier alpha value is -5.02. The van der Waals surface area contributed by atoms with E-state index in [1.54, 1.807) is 66.3 Å². The average molecular weight is 522 g/mol. The van der Waals surface area contributed by atoms with Crippen LogP contribution in [0.1, 0.15) is 10.4 Å². The molecule has 1 amide bonds. The Morgan fingerprint density at radius 2 is 1.53 bits per heavy atom. The van der Waals surface area contributed by atoms with Crippen LogP contribution in [0.2, 0.25) is 0 Å². The minimum absolute atomic E-state index is 0.191. The normalized spacial score (nSPS) is 10.6. The predicted molar refractivity (Wildman–Crippen MR) is 153 cm³/mol. The van der Waals surface area contributed by atoms with E-state index < -0.39 is 0 Å². The molecule has 0 aliphatic rings. The second-order valence-electron chi connectivity index (χ2n) is 8.27. The van der Waals surface area contributed by atoms with Gasteiger partial charge in [0.1, 0.15) is 11.6 Å². The summed E-state index contributed by atoms with van der Waals surface area (Å²) < 4.78 is 6.70. The summed E-state index contributed by atoms with van der Waals surface area (Å²) in [6.45, 7) is 0. The number of benzene rings is 4. The first-order chi connectivity index (χ1) is 18.5. The third kappa shape index (κ3) is 5.23. The molecule has 3 N–H and O–H groups in total. The van der Waals surface area contributed by atoms with Crippen LogP contribution in [0, 0.1) is 0 Å². The molecule has 0 atom stereocenters. The van der Waals surface area contributed by atoms with Crippen LogP contribution >= 0.6 is 12.2 Å². The van der Waals surface area contributed by atoms with Gasteiger partial charge in [-0.3, -0.25) is 25.0 Å². The number of methoxy groups -OCH3 is 1. The maximum atomic E-state index is 13.5. The summed E-state index contributed by atoms with van der Waals surface area (Å²) in [5, 5.41) is 3.71. The Bertz CT molecular complexity index is 1670. The molecule has 38 heavy (non-hydrogen) atoms. The van der Waals surface area contributed by atoms with Crippen molar-refractivity contribution in [2.75, 3.05) is 12.4 Å². The van der Waals surface area contributed by atoms with Crippen molar-refractivity contribution < 1.29 is 9.53 Å². The zero-order valence-corrected chi connectivity index (χ0v) is 21.2. The molecule has 0 unspecified atom stereocenters. The van der Waals surface area contributed by atoms with E-state index in [1.807, 2.05) is 48.5 Å². The SMILES string of the molecule is COc1ccc(NC(=S)NNC(=O)c2ccc(-n3c(-c4ccccc4)nc4ccccc4c3=O)cc2)cc1. The largest absolute Gasteiger partial charge is 0.497 e. The molecule has 5 aromatic rings. The number of nitrogens with zero attached hydrogens (tertiary/aromatic N) is 2. The number of ether oxygens (including phenoxy) is 1. The van der Waals surface area contributed by atoms with E-state index >= 15 is 0 Å². The summed E-state index contributed by atoms with van der Waals surface area (Å²) >= 11 is 5.25. The van der Waals surface area contributed by atoms with E-state index in [0.717, 1.165) is 17.0 Å².